The van der Waals surface area contributed by atoms with Crippen LogP contribution in [0.3, 0.4) is 0 Å². The molecule has 0 amide bonds. The van der Waals surface area contributed by atoms with Gasteiger partial charge in [0.15, 0.2) is 0 Å². The second-order valence-corrected chi connectivity index (χ2v) is 39.7. The van der Waals surface area contributed by atoms with Crippen LogP contribution in [0.1, 0.15) is 112 Å². The van der Waals surface area contributed by atoms with Gasteiger partial charge in [-0.15, -0.1) is 0 Å². The lowest BCUT2D eigenvalue weighted by molar-refractivity contribution is 0.590. The van der Waals surface area contributed by atoms with Crippen molar-refractivity contribution in [2.75, 3.05) is 14.7 Å². The van der Waals surface area contributed by atoms with Gasteiger partial charge in [0.25, 0.3) is 6.71 Å². The molecule has 6 nitrogen and oxygen atoms in total. The molecule has 21 aromatic rings. The summed E-state index contributed by atoms with van der Waals surface area (Å²) in [4.78, 5) is 7.65. The summed E-state index contributed by atoms with van der Waals surface area (Å²) < 4.78 is 55.2. The van der Waals surface area contributed by atoms with E-state index in [0.29, 0.717) is 5.56 Å². The minimum atomic E-state index is -0.561. The van der Waals surface area contributed by atoms with Gasteiger partial charge in [-0.25, -0.2) is 0 Å². The molecule has 632 valence electrons. The van der Waals surface area contributed by atoms with E-state index in [2.05, 4.69) is 482 Å². The third-order valence-electron chi connectivity index (χ3n) is 27.5. The molecule has 23 rings (SSSR count). The average Bonchev–Trinajstić information content (AvgIpc) is 1.49. The van der Waals surface area contributed by atoms with Crippen LogP contribution in [0.25, 0.3) is 138 Å². The van der Waals surface area contributed by atoms with E-state index in [-0.39, 0.29) is 39.3 Å². The van der Waals surface area contributed by atoms with Crippen molar-refractivity contribution < 1.29 is 6.85 Å². The Morgan fingerprint density at radius 2 is 0.557 bits per heavy atom. The second kappa shape index (κ2) is 30.8. The predicted molar refractivity (Wildman–Crippen MR) is 560 cm³/mol. The zero-order valence-corrected chi connectivity index (χ0v) is 76.1. The average molecular weight is 1690 g/mol. The fraction of sp³-hybridized carbons (Fsp3) is 0.129. The number of rotatable bonds is 13. The van der Waals surface area contributed by atoms with Crippen molar-refractivity contribution in [3.8, 4) is 72.7 Å². The summed E-state index contributed by atoms with van der Waals surface area (Å²) in [5, 5.41) is 7.07. The van der Waals surface area contributed by atoms with Gasteiger partial charge < -0.3 is 28.4 Å². The first-order valence-electron chi connectivity index (χ1n) is 48.4. The summed E-state index contributed by atoms with van der Waals surface area (Å²) in [6, 6.07) is 138. The van der Waals surface area contributed by atoms with Gasteiger partial charge >= 0.3 is 0 Å². The van der Waals surface area contributed by atoms with Crippen molar-refractivity contribution >= 4 is 140 Å². The molecule has 0 atom stereocenters. The lowest BCUT2D eigenvalue weighted by atomic mass is 9.33. The molecule has 0 saturated carbocycles. The van der Waals surface area contributed by atoms with Crippen LogP contribution in [0.2, 0.25) is 0 Å². The topological polar surface area (TPSA) is 24.5 Å². The van der Waals surface area contributed by atoms with E-state index < -0.39 is 24.8 Å². The maximum Gasteiger partial charge on any atom is 0.252 e. The summed E-state index contributed by atoms with van der Waals surface area (Å²) in [6.45, 7) is 27.2. The van der Waals surface area contributed by atoms with Gasteiger partial charge in [0.05, 0.1) is 57.0 Å². The van der Waals surface area contributed by atoms with E-state index in [9.17, 15) is 5.48 Å². The predicted octanol–water partition coefficient (Wildman–Crippen LogP) is 32.1. The number of anilines is 9. The van der Waals surface area contributed by atoms with Crippen molar-refractivity contribution in [1.29, 1.82) is 0 Å². The van der Waals surface area contributed by atoms with E-state index in [1.54, 1.807) is 0 Å². The third kappa shape index (κ3) is 13.5. The van der Waals surface area contributed by atoms with Crippen molar-refractivity contribution in [2.45, 2.75) is 105 Å². The van der Waals surface area contributed by atoms with Crippen LogP contribution in [0.4, 0.5) is 51.2 Å². The SMILES string of the molecule is [2H]c1c([2H])c([2H])c(-c2ccc3c(c2)N(c2c(-c4ccccc4)cc(C(C)(C)C)cc2-c2ccccc2)c2cc(N(c4ccc(-n5c6ccccc6c6ccccc65)cc4)c4ccc(-n5c6ccccc6c6ccccc65)cc4)cc4c2B3c2ccc(-n3c5ccc(C(C)(C)C)cc5c5cc(C(C)(C)C)ccc53)cc2N4c2c(-c3ccccc3)cc(C(C)(C)C)cc2-c2ccccc2)c([2H])c1[2H]. The largest absolute Gasteiger partial charge is 0.310 e. The maximum atomic E-state index is 9.98. The highest BCUT2D eigenvalue weighted by Crippen LogP contribution is 2.57. The third-order valence-corrected chi connectivity index (χ3v) is 27.5. The molecule has 0 fully saturated rings. The van der Waals surface area contributed by atoms with Crippen LogP contribution < -0.4 is 31.1 Å². The molecule has 0 unspecified atom stereocenters. The Morgan fingerprint density at radius 3 is 0.924 bits per heavy atom. The van der Waals surface area contributed by atoms with Crippen LogP contribution in [0.5, 0.6) is 0 Å². The van der Waals surface area contributed by atoms with Crippen molar-refractivity contribution in [3.05, 3.63) is 429 Å². The summed E-state index contributed by atoms with van der Waals surface area (Å²) in [6.07, 6.45) is 0. The number of para-hydroxylation sites is 4. The van der Waals surface area contributed by atoms with Crippen LogP contribution >= 0.6 is 0 Å². The van der Waals surface area contributed by atoms with Crippen LogP contribution in [0, 0.1) is 0 Å². The molecule has 0 saturated heterocycles. The Morgan fingerprint density at radius 1 is 0.237 bits per heavy atom. The Kier molecular flexibility index (Phi) is 17.6. The fourth-order valence-electron chi connectivity index (χ4n) is 20.8. The first-order valence-corrected chi connectivity index (χ1v) is 45.9. The molecule has 3 aromatic heterocycles. The number of benzene rings is 18. The number of fused-ring (bicyclic) bond motifs is 13. The zero-order chi connectivity index (χ0) is 93.4. The van der Waals surface area contributed by atoms with Gasteiger partial charge in [0, 0.05) is 106 Å². The van der Waals surface area contributed by atoms with Crippen molar-refractivity contribution in [3.63, 3.8) is 0 Å². The molecule has 2 aliphatic heterocycles. The highest BCUT2D eigenvalue weighted by Gasteiger charge is 2.47. The number of hydrogen-bond acceptors (Lipinski definition) is 3. The summed E-state index contributed by atoms with van der Waals surface area (Å²) in [7, 11) is 0. The van der Waals surface area contributed by atoms with Crippen molar-refractivity contribution in [1.82, 2.24) is 13.7 Å². The smallest absolute Gasteiger partial charge is 0.252 e. The Balaban J connectivity index is 0.913. The van der Waals surface area contributed by atoms with E-state index in [4.69, 9.17) is 1.37 Å². The molecule has 0 N–H and O–H groups in total. The molecule has 0 bridgehead atoms. The normalized spacial score (nSPS) is 13.4. The van der Waals surface area contributed by atoms with Crippen LogP contribution in [0.15, 0.2) is 406 Å². The van der Waals surface area contributed by atoms with Crippen LogP contribution in [-0.4, -0.2) is 20.4 Å². The highest BCUT2D eigenvalue weighted by atomic mass is 15.2. The van der Waals surface area contributed by atoms with E-state index >= 15 is 0 Å². The summed E-state index contributed by atoms with van der Waals surface area (Å²) >= 11 is 0. The molecule has 18 aromatic carbocycles. The van der Waals surface area contributed by atoms with Gasteiger partial charge in [-0.3, -0.25) is 0 Å². The molecule has 7 heteroatoms. The van der Waals surface area contributed by atoms with Crippen LogP contribution in [-0.2, 0) is 21.7 Å². The van der Waals surface area contributed by atoms with E-state index in [1.807, 2.05) is 6.07 Å². The van der Waals surface area contributed by atoms with Crippen molar-refractivity contribution in [2.24, 2.45) is 0 Å². The summed E-state index contributed by atoms with van der Waals surface area (Å²) in [5.74, 6) is 0. The van der Waals surface area contributed by atoms with Gasteiger partial charge in [-0.1, -0.05) is 338 Å². The van der Waals surface area contributed by atoms with Gasteiger partial charge in [-0.05, 0) is 245 Å². The highest BCUT2D eigenvalue weighted by molar-refractivity contribution is 7.00. The van der Waals surface area contributed by atoms with E-state index in [0.717, 1.165) is 168 Å². The minimum Gasteiger partial charge on any atom is -0.310 e. The van der Waals surface area contributed by atoms with Gasteiger partial charge in [-0.2, -0.15) is 0 Å². The first-order chi connectivity index (χ1) is 65.6. The Bertz CT molecular complexity index is 7950. The number of nitrogens with zero attached hydrogens (tertiary/aromatic N) is 6. The molecule has 0 aliphatic carbocycles. The summed E-state index contributed by atoms with van der Waals surface area (Å²) in [5.41, 5.74) is 33.3. The number of aromatic nitrogens is 3. The molecule has 131 heavy (non-hydrogen) atoms. The standard InChI is InChI=1S/C124H103BN6/c1-121(2,3)86-55-68-112-104(71-86)105-72-87(122(4,5)6)56-69-113(105)129(112)94-65-67-107-115(77-94)131(120-102(83-42-24-16-25-43-83)75-89(124(10,11)12)76-103(120)84-44-26-17-27-45-84)117-79-95(78-116-118(117)125(107)106-66-54-85(80-36-18-13-19-37-80)70-114(106)130(116)119-100(81-38-20-14-21-39-81)73-88(123(7,8)9)74-101(119)82-40-22-15-23-41-82)126(90-57-61-92(62-58-90)127-108-50-32-28-46-96(108)97-47-29-33-51-109(97)127)91-59-63-93(64-60-91)128-110-52-34-30-48-98(110)99-49-31-35-53-111(99)128/h13-79H,1-12H3/i13D,18D,19D,36D,37D. The fourth-order valence-corrected chi connectivity index (χ4v) is 20.8. The molecular weight excluding hydrogens is 1580 g/mol. The lowest BCUT2D eigenvalue weighted by Crippen LogP contribution is -2.61. The Hall–Kier alpha value is -15.2. The minimum absolute atomic E-state index is 0.111. The molecule has 0 spiro atoms. The second-order valence-electron chi connectivity index (χ2n) is 39.7. The molecule has 5 heterocycles. The van der Waals surface area contributed by atoms with Gasteiger partial charge in [0.2, 0.25) is 0 Å². The molecule has 2 aliphatic rings. The monoisotopic (exact) mass is 1690 g/mol. The zero-order valence-electron chi connectivity index (χ0n) is 81.1. The first kappa shape index (κ1) is 74.9. The lowest BCUT2D eigenvalue weighted by Gasteiger charge is -2.46. The molecule has 0 radical (unpaired) electrons. The van der Waals surface area contributed by atoms with E-state index in [1.165, 1.54) is 49.0 Å². The quantitative estimate of drug-likeness (QED) is 0.108. The Labute approximate surface area is 776 Å². The van der Waals surface area contributed by atoms with Gasteiger partial charge in [0.1, 0.15) is 0 Å². The maximum absolute atomic E-state index is 9.98. The molecular formula is C124H103BN6. The number of hydrogen-bond donors (Lipinski definition) is 0.